The zero-order chi connectivity index (χ0) is 13.9. The number of primary amides is 1. The molecule has 6 nitrogen and oxygen atoms in total. The minimum absolute atomic E-state index is 0.482. The van der Waals surface area contributed by atoms with E-state index < -0.39 is 21.8 Å². The van der Waals surface area contributed by atoms with Crippen molar-refractivity contribution in [3.05, 3.63) is 0 Å². The lowest BCUT2D eigenvalue weighted by molar-refractivity contribution is -0.343. The van der Waals surface area contributed by atoms with Crippen LogP contribution in [0.3, 0.4) is 0 Å². The van der Waals surface area contributed by atoms with Crippen molar-refractivity contribution in [1.82, 2.24) is 5.32 Å². The Morgan fingerprint density at radius 2 is 1.89 bits per heavy atom. The van der Waals surface area contributed by atoms with Gasteiger partial charge in [-0.2, -0.15) is 0 Å². The third-order valence-corrected chi connectivity index (χ3v) is 3.79. The maximum absolute atomic E-state index is 10.5. The first-order valence-corrected chi connectivity index (χ1v) is 8.13. The van der Waals surface area contributed by atoms with Gasteiger partial charge in [0.25, 0.3) is 5.97 Å². The molecule has 0 unspecified atom stereocenters. The van der Waals surface area contributed by atoms with Crippen molar-refractivity contribution in [3.63, 3.8) is 0 Å². The van der Waals surface area contributed by atoms with Crippen LogP contribution in [-0.2, 0) is 13.9 Å². The first-order valence-electron chi connectivity index (χ1n) is 6.55. The number of urea groups is 1. The zero-order valence-electron chi connectivity index (χ0n) is 11.7. The zero-order valence-corrected chi connectivity index (χ0v) is 13.1. The van der Waals surface area contributed by atoms with E-state index in [-0.39, 0.29) is 0 Å². The average molecular weight is 278 g/mol. The summed E-state index contributed by atoms with van der Waals surface area (Å²) in [5, 5.41) is 2.55. The molecule has 0 bridgehead atoms. The Balaban J connectivity index is 3.85. The van der Waals surface area contributed by atoms with Gasteiger partial charge < -0.3 is 25.0 Å². The van der Waals surface area contributed by atoms with Gasteiger partial charge in [-0.05, 0) is 26.3 Å². The van der Waals surface area contributed by atoms with Crippen LogP contribution in [0.4, 0.5) is 4.79 Å². The number of ether oxygens (including phenoxy) is 2. The van der Waals surface area contributed by atoms with E-state index in [1.54, 1.807) is 0 Å². The number of nitrogens with one attached hydrogen (secondary N) is 1. The molecule has 3 N–H and O–H groups in total. The quantitative estimate of drug-likeness (QED) is 0.331. The number of rotatable bonds is 11. The average Bonchev–Trinajstić information content (AvgIpc) is 2.33. The molecule has 0 aromatic carbocycles. The van der Waals surface area contributed by atoms with Gasteiger partial charge >= 0.3 is 6.03 Å². The van der Waals surface area contributed by atoms with Gasteiger partial charge in [0, 0.05) is 26.2 Å². The maximum atomic E-state index is 10.5. The molecule has 18 heavy (non-hydrogen) atoms. The van der Waals surface area contributed by atoms with Gasteiger partial charge in [0.1, 0.15) is 0 Å². The summed E-state index contributed by atoms with van der Waals surface area (Å²) in [6.07, 6.45) is 1.54. The Kier molecular flexibility index (Phi) is 9.94. The summed E-state index contributed by atoms with van der Waals surface area (Å²) in [7, 11) is -0.731. The molecule has 0 aliphatic rings. The number of hydrogen-bond acceptors (Lipinski definition) is 4. The van der Waals surface area contributed by atoms with Gasteiger partial charge in [-0.25, -0.2) is 4.79 Å². The molecule has 0 saturated heterocycles. The van der Waals surface area contributed by atoms with Crippen molar-refractivity contribution in [1.29, 1.82) is 0 Å². The van der Waals surface area contributed by atoms with Crippen LogP contribution in [0.15, 0.2) is 0 Å². The smallest absolute Gasteiger partial charge is 0.312 e. The first kappa shape index (κ1) is 17.4. The minimum atomic E-state index is -0.868. The van der Waals surface area contributed by atoms with Gasteiger partial charge in [-0.15, -0.1) is 0 Å². The van der Waals surface area contributed by atoms with E-state index in [4.69, 9.17) is 19.6 Å². The van der Waals surface area contributed by atoms with Crippen LogP contribution >= 0.6 is 0 Å². The Labute approximate surface area is 111 Å². The summed E-state index contributed by atoms with van der Waals surface area (Å²) in [4.78, 5) is 10.5. The fourth-order valence-electron chi connectivity index (χ4n) is 1.54. The molecule has 0 aliphatic heterocycles. The van der Waals surface area contributed by atoms with Crippen LogP contribution in [0.5, 0.6) is 0 Å². The molecule has 2 amide bonds. The lowest BCUT2D eigenvalue weighted by atomic mass is 10.4. The van der Waals surface area contributed by atoms with Crippen molar-refractivity contribution < 1.29 is 18.7 Å². The van der Waals surface area contributed by atoms with Crippen LogP contribution in [0.1, 0.15) is 33.6 Å². The molecule has 0 aromatic rings. The van der Waals surface area contributed by atoms with Gasteiger partial charge in [0.05, 0.1) is 0 Å². The molecule has 0 atom stereocenters. The molecule has 0 rings (SSSR count). The molecule has 0 radical (unpaired) electrons. The third kappa shape index (κ3) is 7.65. The topological polar surface area (TPSA) is 82.8 Å². The molecular formula is C11H26N2O4Si. The Morgan fingerprint density at radius 1 is 1.28 bits per heavy atom. The predicted molar refractivity (Wildman–Crippen MR) is 72.9 cm³/mol. The van der Waals surface area contributed by atoms with Gasteiger partial charge in [-0.1, -0.05) is 6.92 Å². The van der Waals surface area contributed by atoms with Gasteiger partial charge in [0.2, 0.25) is 0 Å². The highest BCUT2D eigenvalue weighted by atomic mass is 28.2. The fraction of sp³-hybridized carbons (Fsp3) is 0.909. The molecule has 0 spiro atoms. The molecule has 7 heteroatoms. The highest BCUT2D eigenvalue weighted by Gasteiger charge is 2.29. The monoisotopic (exact) mass is 278 g/mol. The summed E-state index contributed by atoms with van der Waals surface area (Å²) >= 11 is 0. The van der Waals surface area contributed by atoms with Crippen LogP contribution in [0, 0.1) is 0 Å². The molecule has 0 fully saturated rings. The fourth-order valence-corrected chi connectivity index (χ4v) is 2.82. The second kappa shape index (κ2) is 10.3. The summed E-state index contributed by atoms with van der Waals surface area (Å²) in [6, 6.07) is 0.464. The van der Waals surface area contributed by atoms with Crippen molar-refractivity contribution in [3.8, 4) is 0 Å². The lowest BCUT2D eigenvalue weighted by Crippen LogP contribution is -2.40. The lowest BCUT2D eigenvalue weighted by Gasteiger charge is -2.32. The molecular weight excluding hydrogens is 252 g/mol. The van der Waals surface area contributed by atoms with Crippen LogP contribution in [0.25, 0.3) is 0 Å². The molecule has 108 valence electrons. The van der Waals surface area contributed by atoms with E-state index in [0.29, 0.717) is 26.2 Å². The van der Waals surface area contributed by atoms with Crippen molar-refractivity contribution >= 4 is 15.8 Å². The molecule has 0 saturated carbocycles. The third-order valence-electron chi connectivity index (χ3n) is 2.35. The van der Waals surface area contributed by atoms with Gasteiger partial charge in [0.15, 0.2) is 9.76 Å². The van der Waals surface area contributed by atoms with E-state index in [2.05, 4.69) is 5.32 Å². The van der Waals surface area contributed by atoms with E-state index in [1.165, 1.54) is 0 Å². The summed E-state index contributed by atoms with van der Waals surface area (Å²) < 4.78 is 16.9. The number of amides is 2. The number of carbonyl (C=O) groups excluding carboxylic acids is 1. The Morgan fingerprint density at radius 3 is 2.33 bits per heavy atom. The van der Waals surface area contributed by atoms with E-state index in [9.17, 15) is 4.79 Å². The highest BCUT2D eigenvalue weighted by Crippen LogP contribution is 2.19. The van der Waals surface area contributed by atoms with Crippen molar-refractivity contribution in [2.75, 3.05) is 19.8 Å². The molecule has 0 aromatic heterocycles. The largest absolute Gasteiger partial charge is 0.376 e. The van der Waals surface area contributed by atoms with Crippen LogP contribution in [0.2, 0.25) is 6.04 Å². The second-order valence-electron chi connectivity index (χ2n) is 3.75. The normalized spacial score (nSPS) is 12.2. The summed E-state index contributed by atoms with van der Waals surface area (Å²) in [6.45, 7) is 7.54. The van der Waals surface area contributed by atoms with Crippen LogP contribution < -0.4 is 11.1 Å². The standard InChI is InChI=1S/C11H26N2O4Si/c1-4-11(15-5-2,16-6-3)17-18-9-7-8-13-10(12)14/h4-9,18H2,1-3H3,(H3,12,13,14). The first-order chi connectivity index (χ1) is 8.60. The summed E-state index contributed by atoms with van der Waals surface area (Å²) in [5.41, 5.74) is 4.97. The number of nitrogens with two attached hydrogens (primary N) is 1. The van der Waals surface area contributed by atoms with Crippen molar-refractivity contribution in [2.24, 2.45) is 5.73 Å². The minimum Gasteiger partial charge on any atom is -0.376 e. The number of carbonyl (C=O) groups is 1. The Bertz CT molecular complexity index is 223. The SMILES string of the molecule is CCOC(CC)(OCC)O[SiH2]CCCNC(N)=O. The van der Waals surface area contributed by atoms with E-state index in [1.807, 2.05) is 20.8 Å². The highest BCUT2D eigenvalue weighted by molar-refractivity contribution is 6.27. The summed E-state index contributed by atoms with van der Waals surface area (Å²) in [5.74, 6) is -0.868. The Hall–Kier alpha value is -0.633. The number of hydrogen-bond donors (Lipinski definition) is 2. The molecule has 0 aliphatic carbocycles. The van der Waals surface area contributed by atoms with E-state index in [0.717, 1.165) is 12.5 Å². The van der Waals surface area contributed by atoms with Crippen molar-refractivity contribution in [2.45, 2.75) is 45.6 Å². The predicted octanol–water partition coefficient (Wildman–Crippen LogP) is 0.700. The van der Waals surface area contributed by atoms with E-state index >= 15 is 0 Å². The molecule has 0 heterocycles. The maximum Gasteiger partial charge on any atom is 0.312 e. The van der Waals surface area contributed by atoms with Gasteiger partial charge in [-0.3, -0.25) is 0 Å². The second-order valence-corrected chi connectivity index (χ2v) is 5.15. The van der Waals surface area contributed by atoms with Crippen LogP contribution in [-0.4, -0.2) is 41.5 Å².